The summed E-state index contributed by atoms with van der Waals surface area (Å²) in [6.07, 6.45) is 0.650. The molecule has 0 fully saturated rings. The molecule has 0 radical (unpaired) electrons. The molecule has 2 N–H and O–H groups in total. The fraction of sp³-hybridized carbons (Fsp3) is 0.462. The molecule has 0 bridgehead atoms. The number of nitrogens with zero attached hydrogens (tertiary/aromatic N) is 1. The first-order valence-corrected chi connectivity index (χ1v) is 8.12. The molecule has 0 atom stereocenters. The molecule has 1 aromatic carbocycles. The minimum atomic E-state index is -3.27. The highest BCUT2D eigenvalue weighted by Gasteiger charge is 2.18. The van der Waals surface area contributed by atoms with E-state index in [4.69, 9.17) is 18.0 Å². The van der Waals surface area contributed by atoms with Crippen molar-refractivity contribution in [1.29, 1.82) is 0 Å². The van der Waals surface area contributed by atoms with Crippen LogP contribution in [0.4, 0.5) is 5.69 Å². The molecule has 0 aromatic heterocycles. The Labute approximate surface area is 120 Å². The van der Waals surface area contributed by atoms with Gasteiger partial charge in [-0.2, -0.15) is 0 Å². The Kier molecular flexibility index (Phi) is 5.31. The van der Waals surface area contributed by atoms with Crippen molar-refractivity contribution in [2.24, 2.45) is 11.7 Å². The number of nitrogens with two attached hydrogens (primary N) is 1. The van der Waals surface area contributed by atoms with E-state index in [0.29, 0.717) is 23.0 Å². The summed E-state index contributed by atoms with van der Waals surface area (Å²) < 4.78 is 25.6. The van der Waals surface area contributed by atoms with Crippen molar-refractivity contribution in [3.05, 3.63) is 29.8 Å². The van der Waals surface area contributed by atoms with Gasteiger partial charge >= 0.3 is 0 Å². The lowest BCUT2D eigenvalue weighted by Gasteiger charge is -2.20. The average molecular weight is 300 g/mol. The Balaban J connectivity index is 2.87. The first-order chi connectivity index (χ1) is 8.74. The van der Waals surface area contributed by atoms with Crippen LogP contribution < -0.4 is 10.0 Å². The van der Waals surface area contributed by atoms with Gasteiger partial charge in [0, 0.05) is 12.6 Å². The van der Waals surface area contributed by atoms with Gasteiger partial charge in [0.25, 0.3) is 0 Å². The van der Waals surface area contributed by atoms with Crippen molar-refractivity contribution in [3.63, 3.8) is 0 Å². The van der Waals surface area contributed by atoms with Gasteiger partial charge in [0.1, 0.15) is 4.99 Å². The lowest BCUT2D eigenvalue weighted by Crippen LogP contribution is -2.29. The molecular weight excluding hydrogens is 280 g/mol. The molecule has 0 unspecified atom stereocenters. The van der Waals surface area contributed by atoms with Crippen molar-refractivity contribution in [1.82, 2.24) is 0 Å². The predicted molar refractivity (Wildman–Crippen MR) is 84.0 cm³/mol. The summed E-state index contributed by atoms with van der Waals surface area (Å²) in [5.74, 6) is 0.512. The van der Waals surface area contributed by atoms with Gasteiger partial charge in [0.05, 0.1) is 11.4 Å². The van der Waals surface area contributed by atoms with Crippen LogP contribution in [0.2, 0.25) is 0 Å². The van der Waals surface area contributed by atoms with E-state index >= 15 is 0 Å². The van der Waals surface area contributed by atoms with Crippen molar-refractivity contribution in [3.8, 4) is 0 Å². The third-order valence-electron chi connectivity index (χ3n) is 2.89. The number of benzene rings is 1. The summed E-state index contributed by atoms with van der Waals surface area (Å²) in [6.45, 7) is 4.01. The Bertz CT molecular complexity index is 536. The van der Waals surface area contributed by atoms with Gasteiger partial charge in [-0.1, -0.05) is 26.1 Å². The molecule has 1 aromatic rings. The standard InChI is InChI=1S/C13H20N2O2S2/c1-10(2)8-9-19(16,17)15(3)12-6-4-11(5-7-12)13(14)18/h4-7,10H,8-9H2,1-3H3,(H2,14,18). The van der Waals surface area contributed by atoms with Crippen LogP contribution in [0.1, 0.15) is 25.8 Å². The van der Waals surface area contributed by atoms with Crippen LogP contribution in [0.25, 0.3) is 0 Å². The number of thiocarbonyl (C=S) groups is 1. The predicted octanol–water partition coefficient (Wildman–Crippen LogP) is 2.13. The van der Waals surface area contributed by atoms with Crippen LogP contribution in [0.3, 0.4) is 0 Å². The van der Waals surface area contributed by atoms with Gasteiger partial charge in [-0.25, -0.2) is 8.42 Å². The van der Waals surface area contributed by atoms with Gasteiger partial charge in [-0.15, -0.1) is 0 Å². The van der Waals surface area contributed by atoms with E-state index in [-0.39, 0.29) is 5.75 Å². The zero-order valence-corrected chi connectivity index (χ0v) is 13.1. The number of anilines is 1. The number of hydrogen-bond donors (Lipinski definition) is 1. The topological polar surface area (TPSA) is 63.4 Å². The minimum absolute atomic E-state index is 0.151. The first kappa shape index (κ1) is 15.9. The van der Waals surface area contributed by atoms with E-state index in [0.717, 1.165) is 5.56 Å². The Morgan fingerprint density at radius 3 is 2.26 bits per heavy atom. The molecule has 4 nitrogen and oxygen atoms in total. The second kappa shape index (κ2) is 6.34. The first-order valence-electron chi connectivity index (χ1n) is 6.10. The molecule has 0 spiro atoms. The van der Waals surface area contributed by atoms with Crippen LogP contribution >= 0.6 is 12.2 Å². The lowest BCUT2D eigenvalue weighted by molar-refractivity contribution is 0.572. The fourth-order valence-corrected chi connectivity index (χ4v) is 3.14. The normalized spacial score (nSPS) is 11.6. The summed E-state index contributed by atoms with van der Waals surface area (Å²) in [5, 5.41) is 0. The Hall–Kier alpha value is -1.14. The maximum Gasteiger partial charge on any atom is 0.234 e. The summed E-state index contributed by atoms with van der Waals surface area (Å²) in [6, 6.07) is 6.88. The lowest BCUT2D eigenvalue weighted by atomic mass is 10.2. The second-order valence-corrected chi connectivity index (χ2v) is 7.44. The molecule has 0 aliphatic heterocycles. The van der Waals surface area contributed by atoms with Gasteiger partial charge < -0.3 is 5.73 Å². The van der Waals surface area contributed by atoms with Gasteiger partial charge in [0.2, 0.25) is 10.0 Å². The van der Waals surface area contributed by atoms with Crippen LogP contribution in [0.5, 0.6) is 0 Å². The highest BCUT2D eigenvalue weighted by Crippen LogP contribution is 2.18. The molecule has 0 saturated heterocycles. The third kappa shape index (κ3) is 4.47. The van der Waals surface area contributed by atoms with Crippen molar-refractivity contribution >= 4 is 32.9 Å². The van der Waals surface area contributed by atoms with E-state index in [1.807, 2.05) is 13.8 Å². The quantitative estimate of drug-likeness (QED) is 0.818. The van der Waals surface area contributed by atoms with Crippen LogP contribution in [-0.2, 0) is 10.0 Å². The molecule has 0 heterocycles. The van der Waals surface area contributed by atoms with E-state index in [1.165, 1.54) is 4.31 Å². The third-order valence-corrected chi connectivity index (χ3v) is 4.92. The molecule has 6 heteroatoms. The van der Waals surface area contributed by atoms with Gasteiger partial charge in [-0.05, 0) is 36.6 Å². The number of sulfonamides is 1. The zero-order valence-electron chi connectivity index (χ0n) is 11.5. The SMILES string of the molecule is CC(C)CCS(=O)(=O)N(C)c1ccc(C(N)=S)cc1. The van der Waals surface area contributed by atoms with E-state index in [9.17, 15) is 8.42 Å². The molecule has 19 heavy (non-hydrogen) atoms. The molecule has 106 valence electrons. The van der Waals surface area contributed by atoms with Crippen LogP contribution in [-0.4, -0.2) is 26.2 Å². The van der Waals surface area contributed by atoms with Crippen molar-refractivity contribution in [2.75, 3.05) is 17.1 Å². The van der Waals surface area contributed by atoms with E-state index in [1.54, 1.807) is 31.3 Å². The summed E-state index contributed by atoms with van der Waals surface area (Å²) >= 11 is 4.86. The highest BCUT2D eigenvalue weighted by molar-refractivity contribution is 7.92. The zero-order chi connectivity index (χ0) is 14.6. The smallest absolute Gasteiger partial charge is 0.234 e. The van der Waals surface area contributed by atoms with E-state index < -0.39 is 10.0 Å². The van der Waals surface area contributed by atoms with Crippen LogP contribution in [0, 0.1) is 5.92 Å². The fourth-order valence-electron chi connectivity index (χ4n) is 1.52. The summed E-state index contributed by atoms with van der Waals surface area (Å²) in [7, 11) is -1.71. The molecule has 0 amide bonds. The van der Waals surface area contributed by atoms with E-state index in [2.05, 4.69) is 0 Å². The molecular formula is C13H20N2O2S2. The number of rotatable bonds is 6. The van der Waals surface area contributed by atoms with Crippen LogP contribution in [0.15, 0.2) is 24.3 Å². The van der Waals surface area contributed by atoms with Gasteiger partial charge in [-0.3, -0.25) is 4.31 Å². The maximum atomic E-state index is 12.1. The minimum Gasteiger partial charge on any atom is -0.389 e. The summed E-state index contributed by atoms with van der Waals surface area (Å²) in [4.78, 5) is 0.303. The highest BCUT2D eigenvalue weighted by atomic mass is 32.2. The van der Waals surface area contributed by atoms with Gasteiger partial charge in [0.15, 0.2) is 0 Å². The van der Waals surface area contributed by atoms with Crippen molar-refractivity contribution < 1.29 is 8.42 Å². The molecule has 0 saturated carbocycles. The van der Waals surface area contributed by atoms with Crippen molar-refractivity contribution in [2.45, 2.75) is 20.3 Å². The largest absolute Gasteiger partial charge is 0.389 e. The molecule has 0 aliphatic carbocycles. The number of hydrogen-bond acceptors (Lipinski definition) is 3. The Morgan fingerprint density at radius 2 is 1.84 bits per heavy atom. The average Bonchev–Trinajstić information content (AvgIpc) is 2.35. The maximum absolute atomic E-state index is 12.1. The monoisotopic (exact) mass is 300 g/mol. The second-order valence-electron chi connectivity index (χ2n) is 4.88. The Morgan fingerprint density at radius 1 is 1.32 bits per heavy atom. The molecule has 0 aliphatic rings. The molecule has 1 rings (SSSR count). The summed E-state index contributed by atoms with van der Waals surface area (Å²) in [5.41, 5.74) is 6.85.